The lowest BCUT2D eigenvalue weighted by atomic mass is 10.0. The molecule has 0 saturated heterocycles. The number of aromatic nitrogens is 2. The number of H-pyrrole nitrogens is 1. The van der Waals surface area contributed by atoms with Crippen LogP contribution in [-0.2, 0) is 17.9 Å². The zero-order valence-corrected chi connectivity index (χ0v) is 20.8. The Morgan fingerprint density at radius 1 is 1.11 bits per heavy atom. The van der Waals surface area contributed by atoms with E-state index in [4.69, 9.17) is 9.47 Å². The zero-order chi connectivity index (χ0) is 25.1. The second-order valence-corrected chi connectivity index (χ2v) is 8.80. The van der Waals surface area contributed by atoms with Crippen LogP contribution in [0.4, 0.5) is 0 Å². The smallest absolute Gasteiger partial charge is 0.253 e. The van der Waals surface area contributed by atoms with E-state index in [1.807, 2.05) is 82.4 Å². The number of methoxy groups -OCH3 is 1. The van der Waals surface area contributed by atoms with Gasteiger partial charge in [-0.3, -0.25) is 9.59 Å². The Kier molecular flexibility index (Phi) is 7.07. The van der Waals surface area contributed by atoms with Crippen LogP contribution in [0.15, 0.2) is 59.5 Å². The minimum atomic E-state index is -0.272. The third-order valence-corrected chi connectivity index (χ3v) is 6.30. The molecule has 1 amide bonds. The first kappa shape index (κ1) is 24.3. The lowest BCUT2D eigenvalue weighted by molar-refractivity contribution is 0.0484. The van der Waals surface area contributed by atoms with Gasteiger partial charge in [-0.05, 0) is 80.8 Å². The summed E-state index contributed by atoms with van der Waals surface area (Å²) in [6.07, 6.45) is 1.70. The molecule has 7 nitrogen and oxygen atoms in total. The number of hydrogen-bond acceptors (Lipinski definition) is 4. The highest BCUT2D eigenvalue weighted by molar-refractivity contribution is 5.97. The Bertz CT molecular complexity index is 1430. The van der Waals surface area contributed by atoms with E-state index in [2.05, 4.69) is 14.7 Å². The van der Waals surface area contributed by atoms with Crippen LogP contribution in [0.1, 0.15) is 57.0 Å². The summed E-state index contributed by atoms with van der Waals surface area (Å²) in [5, 5.41) is 2.93. The predicted molar refractivity (Wildman–Crippen MR) is 136 cm³/mol. The summed E-state index contributed by atoms with van der Waals surface area (Å²) in [6.45, 7) is 8.19. The number of amides is 1. The fraction of sp³-hybridized carbons (Fsp3) is 0.286. The normalized spacial score (nSPS) is 12.0. The molecule has 0 fully saturated rings. The van der Waals surface area contributed by atoms with Crippen LogP contribution in [0, 0.1) is 20.8 Å². The van der Waals surface area contributed by atoms with E-state index in [1.165, 1.54) is 0 Å². The molecule has 3 aromatic heterocycles. The van der Waals surface area contributed by atoms with Gasteiger partial charge in [-0.25, -0.2) is 0 Å². The molecule has 0 bridgehead atoms. The van der Waals surface area contributed by atoms with Crippen molar-refractivity contribution in [2.45, 2.75) is 47.0 Å². The largest absolute Gasteiger partial charge is 0.497 e. The highest BCUT2D eigenvalue weighted by Gasteiger charge is 2.20. The van der Waals surface area contributed by atoms with Gasteiger partial charge < -0.3 is 24.2 Å². The maximum absolute atomic E-state index is 13.2. The molecule has 1 aromatic carbocycles. The lowest BCUT2D eigenvalue weighted by Crippen LogP contribution is -2.29. The quantitative estimate of drug-likeness (QED) is 0.386. The molecule has 0 aliphatic heterocycles. The number of aromatic amines is 1. The number of benzene rings is 1. The third-order valence-electron chi connectivity index (χ3n) is 6.30. The first-order valence-electron chi connectivity index (χ1n) is 11.6. The lowest BCUT2D eigenvalue weighted by Gasteiger charge is -2.21. The molecule has 3 heterocycles. The highest BCUT2D eigenvalue weighted by Crippen LogP contribution is 2.28. The summed E-state index contributed by atoms with van der Waals surface area (Å²) in [7, 11) is 1.64. The third kappa shape index (κ3) is 5.15. The van der Waals surface area contributed by atoms with Gasteiger partial charge in [0.15, 0.2) is 0 Å². The van der Waals surface area contributed by atoms with Crippen molar-refractivity contribution in [3.63, 3.8) is 0 Å². The van der Waals surface area contributed by atoms with Gasteiger partial charge in [0.25, 0.3) is 11.5 Å². The number of hydrogen-bond donors (Lipinski definition) is 2. The van der Waals surface area contributed by atoms with Crippen molar-refractivity contribution in [2.75, 3.05) is 7.11 Å². The molecular formula is C28H31N3O4. The second kappa shape index (κ2) is 10.2. The summed E-state index contributed by atoms with van der Waals surface area (Å²) in [5.41, 5.74) is 6.23. The number of carbonyl (C=O) groups is 1. The first-order chi connectivity index (χ1) is 16.8. The molecule has 1 unspecified atom stereocenters. The Morgan fingerprint density at radius 2 is 1.91 bits per heavy atom. The molecule has 0 spiro atoms. The van der Waals surface area contributed by atoms with Crippen molar-refractivity contribution in [1.82, 2.24) is 14.7 Å². The van der Waals surface area contributed by atoms with E-state index in [0.29, 0.717) is 17.7 Å². The minimum absolute atomic E-state index is 0.156. The Hall–Kier alpha value is -3.84. The van der Waals surface area contributed by atoms with Crippen molar-refractivity contribution in [1.29, 1.82) is 0 Å². The molecule has 4 rings (SSSR count). The number of ether oxygens (including phenoxy) is 2. The Morgan fingerprint density at radius 3 is 2.66 bits per heavy atom. The Labute approximate surface area is 204 Å². The molecule has 4 aromatic rings. The van der Waals surface area contributed by atoms with Crippen molar-refractivity contribution in [3.8, 4) is 5.75 Å². The van der Waals surface area contributed by atoms with Crippen LogP contribution in [-0.4, -0.2) is 22.4 Å². The topological polar surface area (TPSA) is 84.8 Å². The van der Waals surface area contributed by atoms with Crippen LogP contribution < -0.4 is 15.6 Å². The number of nitrogens with one attached hydrogen (secondary N) is 2. The Balaban J connectivity index is 1.58. The number of carbonyl (C=O) groups excluding carboxylic acids is 1. The number of nitrogens with zero attached hydrogens (tertiary/aromatic N) is 1. The van der Waals surface area contributed by atoms with Gasteiger partial charge in [0.05, 0.1) is 25.5 Å². The predicted octanol–water partition coefficient (Wildman–Crippen LogP) is 4.77. The van der Waals surface area contributed by atoms with E-state index in [1.54, 1.807) is 7.11 Å². The molecule has 0 radical (unpaired) electrons. The molecule has 0 aliphatic carbocycles. The van der Waals surface area contributed by atoms with E-state index < -0.39 is 0 Å². The zero-order valence-electron chi connectivity index (χ0n) is 20.8. The standard InChI is InChI=1S/C28H31N3O4/c1-17-12-18(2)30-28(33)25(17)15-29-27(32)24-14-22-9-7-11-31(22)26(19(24)3)20(4)35-16-21-8-6-10-23(13-21)34-5/h6-14,20H,15-16H2,1-5H3,(H,29,32)(H,30,33). The van der Waals surface area contributed by atoms with Gasteiger partial charge in [0.1, 0.15) is 5.75 Å². The van der Waals surface area contributed by atoms with Gasteiger partial charge in [0.2, 0.25) is 0 Å². The molecule has 182 valence electrons. The van der Waals surface area contributed by atoms with E-state index in [-0.39, 0.29) is 24.1 Å². The van der Waals surface area contributed by atoms with Gasteiger partial charge in [-0.2, -0.15) is 0 Å². The van der Waals surface area contributed by atoms with Gasteiger partial charge in [0, 0.05) is 35.1 Å². The van der Waals surface area contributed by atoms with E-state index >= 15 is 0 Å². The average molecular weight is 474 g/mol. The van der Waals surface area contributed by atoms with Crippen molar-refractivity contribution in [3.05, 3.63) is 104 Å². The number of pyridine rings is 2. The van der Waals surface area contributed by atoms with Crippen LogP contribution in [0.25, 0.3) is 5.52 Å². The van der Waals surface area contributed by atoms with Crippen LogP contribution in [0.3, 0.4) is 0 Å². The average Bonchev–Trinajstić information content (AvgIpc) is 3.29. The molecule has 7 heteroatoms. The summed E-state index contributed by atoms with van der Waals surface area (Å²) < 4.78 is 13.6. The SMILES string of the molecule is COc1cccc(COC(C)c2c(C)c(C(=O)NCc3c(C)cc(C)[nH]c3=O)cc3cccn23)c1. The number of aryl methyl sites for hydroxylation is 2. The van der Waals surface area contributed by atoms with Crippen molar-refractivity contribution in [2.24, 2.45) is 0 Å². The fourth-order valence-electron chi connectivity index (χ4n) is 4.47. The minimum Gasteiger partial charge on any atom is -0.497 e. The fourth-order valence-corrected chi connectivity index (χ4v) is 4.47. The molecule has 0 saturated carbocycles. The van der Waals surface area contributed by atoms with Crippen molar-refractivity contribution >= 4 is 11.4 Å². The first-order valence-corrected chi connectivity index (χ1v) is 11.6. The summed E-state index contributed by atoms with van der Waals surface area (Å²) >= 11 is 0. The van der Waals surface area contributed by atoms with Gasteiger partial charge in [-0.1, -0.05) is 12.1 Å². The van der Waals surface area contributed by atoms with Crippen LogP contribution in [0.2, 0.25) is 0 Å². The molecule has 35 heavy (non-hydrogen) atoms. The van der Waals surface area contributed by atoms with Crippen LogP contribution in [0.5, 0.6) is 5.75 Å². The number of fused-ring (bicyclic) bond motifs is 1. The summed E-state index contributed by atoms with van der Waals surface area (Å²) in [6, 6.07) is 15.5. The molecule has 2 N–H and O–H groups in total. The van der Waals surface area contributed by atoms with Crippen LogP contribution >= 0.6 is 0 Å². The molecule has 0 aliphatic rings. The summed E-state index contributed by atoms with van der Waals surface area (Å²) in [4.78, 5) is 28.4. The monoisotopic (exact) mass is 473 g/mol. The molecular weight excluding hydrogens is 442 g/mol. The van der Waals surface area contributed by atoms with E-state index in [9.17, 15) is 9.59 Å². The summed E-state index contributed by atoms with van der Waals surface area (Å²) in [5.74, 6) is 0.552. The molecule has 1 atom stereocenters. The maximum Gasteiger partial charge on any atom is 0.253 e. The van der Waals surface area contributed by atoms with E-state index in [0.717, 1.165) is 39.3 Å². The second-order valence-electron chi connectivity index (χ2n) is 8.80. The van der Waals surface area contributed by atoms with Gasteiger partial charge >= 0.3 is 0 Å². The highest BCUT2D eigenvalue weighted by atomic mass is 16.5. The maximum atomic E-state index is 13.2. The number of rotatable bonds is 8. The van der Waals surface area contributed by atoms with Crippen molar-refractivity contribution < 1.29 is 14.3 Å². The van der Waals surface area contributed by atoms with Gasteiger partial charge in [-0.15, -0.1) is 0 Å².